The van der Waals surface area contributed by atoms with E-state index >= 15 is 0 Å². The van der Waals surface area contributed by atoms with Crippen LogP contribution in [0.4, 0.5) is 0 Å². The largest absolute Gasteiger partial charge is 0.423 e. The molecule has 128 valence electrons. The van der Waals surface area contributed by atoms with Crippen LogP contribution in [-0.2, 0) is 10.2 Å². The fraction of sp³-hybridized carbons (Fsp3) is 0.250. The molecule has 0 spiro atoms. The molecule has 1 aromatic heterocycles. The van der Waals surface area contributed by atoms with Gasteiger partial charge in [-0.15, -0.1) is 15.0 Å². The molecule has 0 saturated heterocycles. The van der Waals surface area contributed by atoms with Crippen LogP contribution in [0, 0.1) is 0 Å². The average Bonchev–Trinajstić information content (AvgIpc) is 2.97. The lowest BCUT2D eigenvalue weighted by molar-refractivity contribution is -0.130. The van der Waals surface area contributed by atoms with Crippen molar-refractivity contribution in [2.45, 2.75) is 33.1 Å². The third kappa shape index (κ3) is 3.45. The van der Waals surface area contributed by atoms with Crippen LogP contribution >= 0.6 is 0 Å². The molecule has 0 bridgehead atoms. The summed E-state index contributed by atoms with van der Waals surface area (Å²) in [5.74, 6) is -0.00889. The summed E-state index contributed by atoms with van der Waals surface area (Å²) >= 11 is 0. The molecule has 0 radical (unpaired) electrons. The zero-order valence-electron chi connectivity index (χ0n) is 14.9. The van der Waals surface area contributed by atoms with E-state index in [0.29, 0.717) is 11.3 Å². The minimum absolute atomic E-state index is 0.119. The van der Waals surface area contributed by atoms with E-state index < -0.39 is 5.97 Å². The Balaban J connectivity index is 2.13. The van der Waals surface area contributed by atoms with Crippen LogP contribution < -0.4 is 4.74 Å². The number of carbonyl (C=O) groups excluding carboxylic acids is 1. The molecule has 0 unspecified atom stereocenters. The van der Waals surface area contributed by atoms with E-state index in [9.17, 15) is 4.79 Å². The van der Waals surface area contributed by atoms with Gasteiger partial charge in [-0.1, -0.05) is 45.5 Å². The molecule has 0 atom stereocenters. The molecule has 5 heteroatoms. The predicted octanol–water partition coefficient (Wildman–Crippen LogP) is 4.20. The smallest absolute Gasteiger partial charge is 0.338 e. The molecule has 2 aromatic carbocycles. The van der Waals surface area contributed by atoms with Gasteiger partial charge in [0.1, 0.15) is 16.8 Å². The van der Waals surface area contributed by atoms with Gasteiger partial charge in [-0.05, 0) is 36.1 Å². The van der Waals surface area contributed by atoms with Crippen LogP contribution in [0.2, 0.25) is 0 Å². The first-order chi connectivity index (χ1) is 11.8. The maximum Gasteiger partial charge on any atom is 0.338 e. The standard InChI is InChI=1S/C20H21N3O2/c1-13(2)19(24)25-14-10-11-15(20(3,4)5)18(12-14)23-21-16-8-6-7-9-17(16)22-23/h6-12H,1H2,2-5H3. The Morgan fingerprint density at radius 2 is 1.68 bits per heavy atom. The van der Waals surface area contributed by atoms with Gasteiger partial charge in [-0.3, -0.25) is 0 Å². The van der Waals surface area contributed by atoms with Crippen LogP contribution in [0.3, 0.4) is 0 Å². The van der Waals surface area contributed by atoms with E-state index in [-0.39, 0.29) is 5.41 Å². The number of rotatable bonds is 3. The number of carbonyl (C=O) groups is 1. The van der Waals surface area contributed by atoms with E-state index in [1.807, 2.05) is 30.3 Å². The molecular weight excluding hydrogens is 314 g/mol. The van der Waals surface area contributed by atoms with Gasteiger partial charge in [0.25, 0.3) is 0 Å². The number of hydrogen-bond donors (Lipinski definition) is 0. The third-order valence-electron chi connectivity index (χ3n) is 3.84. The second-order valence-electron chi connectivity index (χ2n) is 7.08. The quantitative estimate of drug-likeness (QED) is 0.409. The third-order valence-corrected chi connectivity index (χ3v) is 3.84. The van der Waals surface area contributed by atoms with Crippen LogP contribution in [-0.4, -0.2) is 21.0 Å². The molecular formula is C20H21N3O2. The van der Waals surface area contributed by atoms with Crippen molar-refractivity contribution in [1.29, 1.82) is 0 Å². The highest BCUT2D eigenvalue weighted by Crippen LogP contribution is 2.31. The molecule has 0 amide bonds. The van der Waals surface area contributed by atoms with Crippen molar-refractivity contribution >= 4 is 17.0 Å². The molecule has 0 aliphatic carbocycles. The first-order valence-corrected chi connectivity index (χ1v) is 8.10. The van der Waals surface area contributed by atoms with Crippen LogP contribution in [0.15, 0.2) is 54.6 Å². The molecule has 0 aliphatic rings. The maximum absolute atomic E-state index is 11.8. The summed E-state index contributed by atoms with van der Waals surface area (Å²) < 4.78 is 5.37. The molecule has 0 saturated carbocycles. The zero-order valence-corrected chi connectivity index (χ0v) is 14.9. The van der Waals surface area contributed by atoms with Crippen molar-refractivity contribution in [2.75, 3.05) is 0 Å². The molecule has 0 N–H and O–H groups in total. The van der Waals surface area contributed by atoms with Gasteiger partial charge < -0.3 is 4.74 Å². The highest BCUT2D eigenvalue weighted by Gasteiger charge is 2.21. The topological polar surface area (TPSA) is 57.0 Å². The van der Waals surface area contributed by atoms with Crippen molar-refractivity contribution in [2.24, 2.45) is 0 Å². The van der Waals surface area contributed by atoms with Gasteiger partial charge in [-0.25, -0.2) is 4.79 Å². The summed E-state index contributed by atoms with van der Waals surface area (Å²) in [6.07, 6.45) is 0. The molecule has 0 aliphatic heterocycles. The molecule has 5 nitrogen and oxygen atoms in total. The maximum atomic E-state index is 11.8. The van der Waals surface area contributed by atoms with Gasteiger partial charge in [0.2, 0.25) is 0 Å². The molecule has 3 rings (SSSR count). The minimum Gasteiger partial charge on any atom is -0.423 e. The zero-order chi connectivity index (χ0) is 18.2. The SMILES string of the molecule is C=C(C)C(=O)Oc1ccc(C(C)(C)C)c(-n2nc3ccccc3n2)c1. The number of ether oxygens (including phenoxy) is 1. The second-order valence-corrected chi connectivity index (χ2v) is 7.08. The Labute approximate surface area is 146 Å². The van der Waals surface area contributed by atoms with Gasteiger partial charge in [0.05, 0.1) is 5.69 Å². The summed E-state index contributed by atoms with van der Waals surface area (Å²) in [4.78, 5) is 13.4. The van der Waals surface area contributed by atoms with Crippen molar-refractivity contribution in [1.82, 2.24) is 15.0 Å². The Kier molecular flexibility index (Phi) is 4.17. The fourth-order valence-electron chi connectivity index (χ4n) is 2.54. The normalized spacial score (nSPS) is 11.5. The lowest BCUT2D eigenvalue weighted by atomic mass is 9.86. The monoisotopic (exact) mass is 335 g/mol. The van der Waals surface area contributed by atoms with Crippen molar-refractivity contribution < 1.29 is 9.53 Å². The lowest BCUT2D eigenvalue weighted by Crippen LogP contribution is -2.17. The van der Waals surface area contributed by atoms with Crippen molar-refractivity contribution in [3.63, 3.8) is 0 Å². The highest BCUT2D eigenvalue weighted by molar-refractivity contribution is 5.88. The van der Waals surface area contributed by atoms with Crippen molar-refractivity contribution in [3.8, 4) is 11.4 Å². The number of fused-ring (bicyclic) bond motifs is 1. The Bertz CT molecular complexity index is 931. The van der Waals surface area contributed by atoms with Crippen LogP contribution in [0.5, 0.6) is 5.75 Å². The predicted molar refractivity (Wildman–Crippen MR) is 98.0 cm³/mol. The summed E-state index contributed by atoms with van der Waals surface area (Å²) in [5.41, 5.74) is 3.70. The van der Waals surface area contributed by atoms with Crippen molar-refractivity contribution in [3.05, 3.63) is 60.2 Å². The molecule has 25 heavy (non-hydrogen) atoms. The second kappa shape index (κ2) is 6.16. The molecule has 1 heterocycles. The van der Waals surface area contributed by atoms with Gasteiger partial charge in [0.15, 0.2) is 0 Å². The van der Waals surface area contributed by atoms with E-state index in [2.05, 4.69) is 37.5 Å². The summed E-state index contributed by atoms with van der Waals surface area (Å²) in [7, 11) is 0. The number of benzene rings is 2. The number of esters is 1. The van der Waals surface area contributed by atoms with Gasteiger partial charge >= 0.3 is 5.97 Å². The van der Waals surface area contributed by atoms with E-state index in [1.54, 1.807) is 23.9 Å². The summed E-state index contributed by atoms with van der Waals surface area (Å²) in [6.45, 7) is 11.6. The Morgan fingerprint density at radius 3 is 2.20 bits per heavy atom. The van der Waals surface area contributed by atoms with E-state index in [1.165, 1.54) is 0 Å². The lowest BCUT2D eigenvalue weighted by Gasteiger charge is -2.22. The number of hydrogen-bond acceptors (Lipinski definition) is 4. The summed E-state index contributed by atoms with van der Waals surface area (Å²) in [6, 6.07) is 13.2. The molecule has 3 aromatic rings. The average molecular weight is 335 g/mol. The van der Waals surface area contributed by atoms with E-state index in [4.69, 9.17) is 4.74 Å². The van der Waals surface area contributed by atoms with Crippen LogP contribution in [0.1, 0.15) is 33.3 Å². The molecule has 0 fully saturated rings. The number of nitrogens with zero attached hydrogens (tertiary/aromatic N) is 3. The summed E-state index contributed by atoms with van der Waals surface area (Å²) in [5, 5.41) is 9.12. The number of aromatic nitrogens is 3. The first-order valence-electron chi connectivity index (χ1n) is 8.10. The Morgan fingerprint density at radius 1 is 1.08 bits per heavy atom. The van der Waals surface area contributed by atoms with E-state index in [0.717, 1.165) is 22.3 Å². The minimum atomic E-state index is -0.451. The van der Waals surface area contributed by atoms with Gasteiger partial charge in [-0.2, -0.15) is 0 Å². The fourth-order valence-corrected chi connectivity index (χ4v) is 2.54. The highest BCUT2D eigenvalue weighted by atomic mass is 16.5. The van der Waals surface area contributed by atoms with Crippen LogP contribution in [0.25, 0.3) is 16.7 Å². The van der Waals surface area contributed by atoms with Gasteiger partial charge in [0, 0.05) is 11.6 Å². The first kappa shape index (κ1) is 16.9. The Hall–Kier alpha value is -2.95.